The van der Waals surface area contributed by atoms with Gasteiger partial charge in [-0.1, -0.05) is 6.92 Å². The van der Waals surface area contributed by atoms with Crippen molar-refractivity contribution < 1.29 is 13.2 Å². The molecule has 0 bridgehead atoms. The van der Waals surface area contributed by atoms with Gasteiger partial charge in [0.25, 0.3) is 0 Å². The summed E-state index contributed by atoms with van der Waals surface area (Å²) in [6.45, 7) is 4.22. The van der Waals surface area contributed by atoms with Crippen molar-refractivity contribution >= 4 is 15.9 Å². The fourth-order valence-corrected chi connectivity index (χ4v) is 2.99. The summed E-state index contributed by atoms with van der Waals surface area (Å²) in [7, 11) is -3.24. The van der Waals surface area contributed by atoms with Crippen LogP contribution in [0.25, 0.3) is 0 Å². The lowest BCUT2D eigenvalue weighted by atomic mass is 9.94. The molecule has 0 saturated carbocycles. The second-order valence-corrected chi connectivity index (χ2v) is 6.49. The van der Waals surface area contributed by atoms with E-state index < -0.39 is 10.0 Å². The average Bonchev–Trinajstić information content (AvgIpc) is 2.29. The fraction of sp³-hybridized carbons (Fsp3) is 0.909. The largest absolute Gasteiger partial charge is 0.355 e. The first-order chi connectivity index (χ1) is 8.53. The molecule has 18 heavy (non-hydrogen) atoms. The van der Waals surface area contributed by atoms with Gasteiger partial charge in [-0.2, -0.15) is 0 Å². The Kier molecular flexibility index (Phi) is 6.59. The molecule has 1 aliphatic rings. The van der Waals surface area contributed by atoms with E-state index in [9.17, 15) is 13.2 Å². The molecule has 0 aliphatic carbocycles. The normalized spacial score (nSPS) is 17.6. The molecular weight excluding hydrogens is 254 g/mol. The molecule has 0 spiro atoms. The van der Waals surface area contributed by atoms with E-state index in [0.717, 1.165) is 25.9 Å². The molecule has 1 amide bonds. The van der Waals surface area contributed by atoms with Crippen molar-refractivity contribution in [2.45, 2.75) is 26.2 Å². The SMILES string of the molecule is CCNS(=O)(=O)CCNC(=O)CC1CCNCC1. The topological polar surface area (TPSA) is 87.3 Å². The zero-order valence-corrected chi connectivity index (χ0v) is 11.7. The summed E-state index contributed by atoms with van der Waals surface area (Å²) in [4.78, 5) is 11.6. The Labute approximate surface area is 109 Å². The van der Waals surface area contributed by atoms with Gasteiger partial charge in [0.2, 0.25) is 15.9 Å². The van der Waals surface area contributed by atoms with E-state index in [1.165, 1.54) is 0 Å². The summed E-state index contributed by atoms with van der Waals surface area (Å²) in [5.41, 5.74) is 0. The third-order valence-electron chi connectivity index (χ3n) is 2.99. The predicted octanol–water partition coefficient (Wildman–Crippen LogP) is -0.568. The lowest BCUT2D eigenvalue weighted by Gasteiger charge is -2.21. The number of hydrogen-bond acceptors (Lipinski definition) is 4. The number of nitrogens with one attached hydrogen (secondary N) is 3. The first kappa shape index (κ1) is 15.4. The first-order valence-corrected chi connectivity index (χ1v) is 8.13. The number of piperidine rings is 1. The van der Waals surface area contributed by atoms with Crippen molar-refractivity contribution in [3.05, 3.63) is 0 Å². The zero-order chi connectivity index (χ0) is 13.4. The number of carbonyl (C=O) groups excluding carboxylic acids is 1. The van der Waals surface area contributed by atoms with E-state index >= 15 is 0 Å². The van der Waals surface area contributed by atoms with Gasteiger partial charge in [0.15, 0.2) is 0 Å². The second-order valence-electron chi connectivity index (χ2n) is 4.56. The lowest BCUT2D eigenvalue weighted by Crippen LogP contribution is -2.36. The number of carbonyl (C=O) groups is 1. The van der Waals surface area contributed by atoms with E-state index in [1.807, 2.05) is 0 Å². The van der Waals surface area contributed by atoms with E-state index in [2.05, 4.69) is 15.4 Å². The summed E-state index contributed by atoms with van der Waals surface area (Å²) in [5, 5.41) is 5.91. The van der Waals surface area contributed by atoms with Gasteiger partial charge in [-0.3, -0.25) is 4.79 Å². The Morgan fingerprint density at radius 2 is 2.00 bits per heavy atom. The Hall–Kier alpha value is -0.660. The summed E-state index contributed by atoms with van der Waals surface area (Å²) < 4.78 is 25.1. The smallest absolute Gasteiger partial charge is 0.220 e. The molecule has 106 valence electrons. The second kappa shape index (κ2) is 7.70. The van der Waals surface area contributed by atoms with Crippen LogP contribution in [0.2, 0.25) is 0 Å². The molecule has 6 nitrogen and oxygen atoms in total. The van der Waals surface area contributed by atoms with Gasteiger partial charge >= 0.3 is 0 Å². The molecule has 0 aromatic rings. The highest BCUT2D eigenvalue weighted by Crippen LogP contribution is 2.15. The van der Waals surface area contributed by atoms with Gasteiger partial charge in [0.1, 0.15) is 0 Å². The van der Waals surface area contributed by atoms with Gasteiger partial charge in [-0.15, -0.1) is 0 Å². The maximum Gasteiger partial charge on any atom is 0.220 e. The van der Waals surface area contributed by atoms with E-state index in [1.54, 1.807) is 6.92 Å². The molecule has 1 aliphatic heterocycles. The van der Waals surface area contributed by atoms with Crippen LogP contribution in [0.3, 0.4) is 0 Å². The Bertz CT molecular complexity index is 351. The highest BCUT2D eigenvalue weighted by molar-refractivity contribution is 7.89. The predicted molar refractivity (Wildman–Crippen MR) is 70.7 cm³/mol. The van der Waals surface area contributed by atoms with Crippen LogP contribution in [-0.2, 0) is 14.8 Å². The minimum absolute atomic E-state index is 0.0476. The van der Waals surface area contributed by atoms with Crippen LogP contribution in [-0.4, -0.2) is 46.3 Å². The molecule has 3 N–H and O–H groups in total. The Morgan fingerprint density at radius 1 is 1.33 bits per heavy atom. The number of sulfonamides is 1. The van der Waals surface area contributed by atoms with Crippen LogP contribution in [0.5, 0.6) is 0 Å². The average molecular weight is 277 g/mol. The number of amides is 1. The summed E-state index contributed by atoms with van der Waals surface area (Å²) in [6, 6.07) is 0. The van der Waals surface area contributed by atoms with Crippen LogP contribution < -0.4 is 15.4 Å². The van der Waals surface area contributed by atoms with Gasteiger partial charge in [0, 0.05) is 19.5 Å². The lowest BCUT2D eigenvalue weighted by molar-refractivity contribution is -0.122. The molecule has 0 unspecified atom stereocenters. The number of hydrogen-bond donors (Lipinski definition) is 3. The van der Waals surface area contributed by atoms with Crippen molar-refractivity contribution in [1.29, 1.82) is 0 Å². The molecular formula is C11H23N3O3S. The standard InChI is InChI=1S/C11H23N3O3S/c1-2-14-18(16,17)8-7-13-11(15)9-10-3-5-12-6-4-10/h10,12,14H,2-9H2,1H3,(H,13,15). The van der Waals surface area contributed by atoms with Crippen LogP contribution >= 0.6 is 0 Å². The summed E-state index contributed by atoms with van der Waals surface area (Å²) in [6.07, 6.45) is 2.54. The van der Waals surface area contributed by atoms with E-state index in [4.69, 9.17) is 0 Å². The quantitative estimate of drug-likeness (QED) is 0.582. The van der Waals surface area contributed by atoms with Crippen molar-refractivity contribution in [2.24, 2.45) is 5.92 Å². The van der Waals surface area contributed by atoms with Crippen LogP contribution in [0.15, 0.2) is 0 Å². The monoisotopic (exact) mass is 277 g/mol. The maximum atomic E-state index is 11.6. The summed E-state index contributed by atoms with van der Waals surface area (Å²) in [5.74, 6) is 0.323. The minimum Gasteiger partial charge on any atom is -0.355 e. The third kappa shape index (κ3) is 6.32. The molecule has 1 heterocycles. The highest BCUT2D eigenvalue weighted by Gasteiger charge is 2.17. The number of rotatable bonds is 7. The van der Waals surface area contributed by atoms with Crippen LogP contribution in [0.1, 0.15) is 26.2 Å². The van der Waals surface area contributed by atoms with E-state index in [-0.39, 0.29) is 18.2 Å². The van der Waals surface area contributed by atoms with Crippen molar-refractivity contribution in [3.63, 3.8) is 0 Å². The van der Waals surface area contributed by atoms with Crippen molar-refractivity contribution in [2.75, 3.05) is 31.9 Å². The Balaban J connectivity index is 2.16. The highest BCUT2D eigenvalue weighted by atomic mass is 32.2. The first-order valence-electron chi connectivity index (χ1n) is 6.48. The van der Waals surface area contributed by atoms with Crippen LogP contribution in [0.4, 0.5) is 0 Å². The van der Waals surface area contributed by atoms with Gasteiger partial charge in [-0.25, -0.2) is 13.1 Å². The molecule has 0 aromatic heterocycles. The molecule has 0 aromatic carbocycles. The molecule has 1 saturated heterocycles. The van der Waals surface area contributed by atoms with Crippen LogP contribution in [0, 0.1) is 5.92 Å². The zero-order valence-electron chi connectivity index (χ0n) is 10.9. The van der Waals surface area contributed by atoms with Crippen molar-refractivity contribution in [1.82, 2.24) is 15.4 Å². The Morgan fingerprint density at radius 3 is 2.61 bits per heavy atom. The molecule has 1 rings (SSSR count). The summed E-state index contributed by atoms with van der Waals surface area (Å²) >= 11 is 0. The molecule has 7 heteroatoms. The molecule has 1 fully saturated rings. The van der Waals surface area contributed by atoms with Gasteiger partial charge in [-0.05, 0) is 31.8 Å². The van der Waals surface area contributed by atoms with Crippen molar-refractivity contribution in [3.8, 4) is 0 Å². The molecule has 0 atom stereocenters. The minimum atomic E-state index is -3.24. The van der Waals surface area contributed by atoms with Gasteiger partial charge in [0.05, 0.1) is 5.75 Å². The van der Waals surface area contributed by atoms with E-state index in [0.29, 0.717) is 18.9 Å². The fourth-order valence-electron chi connectivity index (χ4n) is 2.04. The maximum absolute atomic E-state index is 11.6. The van der Waals surface area contributed by atoms with Gasteiger partial charge < -0.3 is 10.6 Å². The molecule has 0 radical (unpaired) electrons. The third-order valence-corrected chi connectivity index (χ3v) is 4.46.